The van der Waals surface area contributed by atoms with E-state index in [4.69, 9.17) is 23.2 Å². The Morgan fingerprint density at radius 3 is 2.06 bits per heavy atom. The van der Waals surface area contributed by atoms with Gasteiger partial charge in [0.2, 0.25) is 15.9 Å². The lowest BCUT2D eigenvalue weighted by Crippen LogP contribution is -2.37. The lowest BCUT2D eigenvalue weighted by molar-refractivity contribution is -0.114. The zero-order valence-corrected chi connectivity index (χ0v) is 20.6. The third kappa shape index (κ3) is 6.60. The smallest absolute Gasteiger partial charge is 0.261 e. The number of anilines is 3. The van der Waals surface area contributed by atoms with E-state index < -0.39 is 38.3 Å². The summed E-state index contributed by atoms with van der Waals surface area (Å²) in [6.45, 7) is -0.577. The van der Waals surface area contributed by atoms with Gasteiger partial charge in [-0.15, -0.1) is 0 Å². The minimum Gasteiger partial charge on any atom is -0.325 e. The van der Waals surface area contributed by atoms with E-state index in [2.05, 4.69) is 10.0 Å². The molecule has 0 saturated carbocycles. The molecule has 3 aromatic carbocycles. The van der Waals surface area contributed by atoms with Crippen molar-refractivity contribution >= 4 is 66.2 Å². The van der Waals surface area contributed by atoms with Crippen molar-refractivity contribution in [3.63, 3.8) is 0 Å². The minimum atomic E-state index is -3.95. The van der Waals surface area contributed by atoms with E-state index in [1.165, 1.54) is 54.6 Å². The number of hydrogen-bond donors (Lipinski definition) is 2. The molecule has 0 aromatic heterocycles. The van der Waals surface area contributed by atoms with E-state index in [0.29, 0.717) is 5.02 Å². The molecule has 180 valence electrons. The predicted molar refractivity (Wildman–Crippen MR) is 131 cm³/mol. The number of carbonyl (C=O) groups excluding carboxylic acids is 1. The average molecular weight is 546 g/mol. The Kier molecular flexibility index (Phi) is 7.71. The molecule has 0 unspecified atom stereocenters. The maximum Gasteiger partial charge on any atom is 0.261 e. The van der Waals surface area contributed by atoms with Crippen molar-refractivity contribution in [2.45, 2.75) is 4.90 Å². The molecule has 0 aliphatic heterocycles. The summed E-state index contributed by atoms with van der Waals surface area (Å²) in [7, 11) is -7.82. The van der Waals surface area contributed by atoms with Gasteiger partial charge in [-0.2, -0.15) is 0 Å². The molecule has 0 spiro atoms. The fourth-order valence-electron chi connectivity index (χ4n) is 2.84. The predicted octanol–water partition coefficient (Wildman–Crippen LogP) is 4.34. The zero-order chi connectivity index (χ0) is 25.1. The van der Waals surface area contributed by atoms with Crippen molar-refractivity contribution in [2.75, 3.05) is 27.1 Å². The van der Waals surface area contributed by atoms with E-state index in [9.17, 15) is 26.0 Å². The fourth-order valence-corrected chi connectivity index (χ4v) is 5.33. The quantitative estimate of drug-likeness (QED) is 0.437. The van der Waals surface area contributed by atoms with Crippen LogP contribution in [0, 0.1) is 5.82 Å². The van der Waals surface area contributed by atoms with E-state index in [0.717, 1.165) is 22.7 Å². The number of halogens is 3. The molecule has 8 nitrogen and oxygen atoms in total. The van der Waals surface area contributed by atoms with E-state index in [-0.39, 0.29) is 27.0 Å². The molecule has 0 saturated heterocycles. The summed E-state index contributed by atoms with van der Waals surface area (Å²) in [5.41, 5.74) is 0.499. The highest BCUT2D eigenvalue weighted by molar-refractivity contribution is 7.92. The second-order valence-corrected chi connectivity index (χ2v) is 11.5. The van der Waals surface area contributed by atoms with Gasteiger partial charge < -0.3 is 5.32 Å². The molecule has 0 aliphatic rings. The van der Waals surface area contributed by atoms with Crippen LogP contribution in [0.1, 0.15) is 0 Å². The first-order chi connectivity index (χ1) is 15.8. The number of nitrogens with zero attached hydrogens (tertiary/aromatic N) is 1. The van der Waals surface area contributed by atoms with Crippen molar-refractivity contribution in [1.29, 1.82) is 0 Å². The molecule has 13 heteroatoms. The molecule has 0 radical (unpaired) electrons. The van der Waals surface area contributed by atoms with Crippen LogP contribution in [-0.4, -0.2) is 35.5 Å². The number of amides is 1. The van der Waals surface area contributed by atoms with Gasteiger partial charge in [-0.05, 0) is 66.7 Å². The zero-order valence-electron chi connectivity index (χ0n) is 17.5. The fraction of sp³-hybridized carbons (Fsp3) is 0.0952. The van der Waals surface area contributed by atoms with Crippen LogP contribution in [0.25, 0.3) is 0 Å². The lowest BCUT2D eigenvalue weighted by atomic mass is 10.3. The highest BCUT2D eigenvalue weighted by Gasteiger charge is 2.23. The summed E-state index contributed by atoms with van der Waals surface area (Å²) in [5, 5.41) is 2.86. The van der Waals surface area contributed by atoms with Crippen LogP contribution in [0.3, 0.4) is 0 Å². The molecule has 0 fully saturated rings. The molecular weight excluding hydrogens is 528 g/mol. The van der Waals surface area contributed by atoms with Gasteiger partial charge in [-0.3, -0.25) is 13.8 Å². The van der Waals surface area contributed by atoms with Gasteiger partial charge >= 0.3 is 0 Å². The SMILES string of the molecule is CS(=O)(=O)N(CC(=O)Nc1ccc(S(=O)(=O)Nc2ccc(F)cc2)cc1)c1ccc(Cl)cc1Cl. The molecule has 34 heavy (non-hydrogen) atoms. The van der Waals surface area contributed by atoms with Crippen LogP contribution in [0.15, 0.2) is 71.6 Å². The first-order valence-electron chi connectivity index (χ1n) is 9.46. The van der Waals surface area contributed by atoms with Crippen LogP contribution in [-0.2, 0) is 24.8 Å². The number of carbonyl (C=O) groups is 1. The maximum atomic E-state index is 13.0. The minimum absolute atomic E-state index is 0.0499. The number of sulfonamides is 2. The molecule has 0 heterocycles. The molecule has 1 amide bonds. The Labute approximate surface area is 206 Å². The Morgan fingerprint density at radius 2 is 1.50 bits per heavy atom. The van der Waals surface area contributed by atoms with Crippen LogP contribution < -0.4 is 14.3 Å². The van der Waals surface area contributed by atoms with Crippen molar-refractivity contribution in [3.05, 3.63) is 82.6 Å². The molecule has 0 bridgehead atoms. The summed E-state index contributed by atoms with van der Waals surface area (Å²) in [5.74, 6) is -1.19. The van der Waals surface area contributed by atoms with Gasteiger partial charge in [-0.1, -0.05) is 23.2 Å². The van der Waals surface area contributed by atoms with Crippen molar-refractivity contribution in [3.8, 4) is 0 Å². The summed E-state index contributed by atoms with van der Waals surface area (Å²) >= 11 is 11.9. The van der Waals surface area contributed by atoms with Crippen LogP contribution >= 0.6 is 23.2 Å². The van der Waals surface area contributed by atoms with E-state index in [1.807, 2.05) is 0 Å². The van der Waals surface area contributed by atoms with Gasteiger partial charge in [0.05, 0.1) is 21.9 Å². The van der Waals surface area contributed by atoms with Gasteiger partial charge in [0.1, 0.15) is 12.4 Å². The molecule has 3 rings (SSSR count). The van der Waals surface area contributed by atoms with E-state index >= 15 is 0 Å². The van der Waals surface area contributed by atoms with Crippen LogP contribution in [0.5, 0.6) is 0 Å². The summed E-state index contributed by atoms with van der Waals surface area (Å²) in [6, 6.07) is 14.2. The monoisotopic (exact) mass is 545 g/mol. The Morgan fingerprint density at radius 1 is 0.912 bits per heavy atom. The average Bonchev–Trinajstić information content (AvgIpc) is 2.74. The summed E-state index contributed by atoms with van der Waals surface area (Å²) in [4.78, 5) is 12.4. The second kappa shape index (κ2) is 10.2. The first-order valence-corrected chi connectivity index (χ1v) is 13.5. The third-order valence-electron chi connectivity index (χ3n) is 4.41. The second-order valence-electron chi connectivity index (χ2n) is 7.05. The molecule has 2 N–H and O–H groups in total. The highest BCUT2D eigenvalue weighted by Crippen LogP contribution is 2.30. The number of nitrogens with one attached hydrogen (secondary N) is 2. The van der Waals surface area contributed by atoms with Gasteiger partial charge in [0, 0.05) is 16.4 Å². The van der Waals surface area contributed by atoms with Crippen LogP contribution in [0.4, 0.5) is 21.5 Å². The topological polar surface area (TPSA) is 113 Å². The van der Waals surface area contributed by atoms with E-state index in [1.54, 1.807) is 0 Å². The van der Waals surface area contributed by atoms with Gasteiger partial charge in [0.25, 0.3) is 10.0 Å². The normalized spacial score (nSPS) is 11.6. The number of benzene rings is 3. The van der Waals surface area contributed by atoms with Crippen molar-refractivity contribution < 1.29 is 26.0 Å². The Balaban J connectivity index is 1.72. The first kappa shape index (κ1) is 25.8. The van der Waals surface area contributed by atoms with Gasteiger partial charge in [-0.25, -0.2) is 21.2 Å². The molecular formula is C21H18Cl2FN3O5S2. The third-order valence-corrected chi connectivity index (χ3v) is 7.47. The van der Waals surface area contributed by atoms with Crippen LogP contribution in [0.2, 0.25) is 10.0 Å². The lowest BCUT2D eigenvalue weighted by Gasteiger charge is -2.23. The largest absolute Gasteiger partial charge is 0.325 e. The summed E-state index contributed by atoms with van der Waals surface area (Å²) in [6.07, 6.45) is 0.930. The highest BCUT2D eigenvalue weighted by atomic mass is 35.5. The van der Waals surface area contributed by atoms with Gasteiger partial charge in [0.15, 0.2) is 0 Å². The standard InChI is InChI=1S/C21H18Cl2FN3O5S2/c1-33(29,30)27(20-11-2-14(22)12-19(20)23)13-21(28)25-16-7-9-18(10-8-16)34(31,32)26-17-5-3-15(24)4-6-17/h2-12,26H,13H2,1H3,(H,25,28). The number of hydrogen-bond acceptors (Lipinski definition) is 5. The summed E-state index contributed by atoms with van der Waals surface area (Å²) < 4.78 is 65.6. The van der Waals surface area contributed by atoms with Crippen molar-refractivity contribution in [2.24, 2.45) is 0 Å². The maximum absolute atomic E-state index is 13.0. The Hall–Kier alpha value is -2.86. The van der Waals surface area contributed by atoms with Crippen molar-refractivity contribution in [1.82, 2.24) is 0 Å². The Bertz CT molecular complexity index is 1420. The molecule has 0 atom stereocenters. The molecule has 3 aromatic rings. The molecule has 0 aliphatic carbocycles. The number of rotatable bonds is 8.